The summed E-state index contributed by atoms with van der Waals surface area (Å²) in [5.41, 5.74) is 4.61. The van der Waals surface area contributed by atoms with E-state index in [1.165, 1.54) is 50.4 Å². The van der Waals surface area contributed by atoms with Crippen molar-refractivity contribution < 1.29 is 0 Å². The zero-order valence-corrected chi connectivity index (χ0v) is 18.1. The van der Waals surface area contributed by atoms with Crippen LogP contribution in [-0.4, -0.2) is 14.1 Å². The first-order valence-electron chi connectivity index (χ1n) is 11.2. The Bertz CT molecular complexity index is 1110. The van der Waals surface area contributed by atoms with Crippen molar-refractivity contribution in [3.05, 3.63) is 73.6 Å². The molecule has 5 heteroatoms. The van der Waals surface area contributed by atoms with Crippen LogP contribution in [0.5, 0.6) is 0 Å². The molecule has 2 bridgehead atoms. The molecule has 0 radical (unpaired) electrons. The monoisotopic (exact) mass is 405 g/mol. The van der Waals surface area contributed by atoms with Gasteiger partial charge in [0.05, 0.1) is 5.56 Å². The summed E-state index contributed by atoms with van der Waals surface area (Å²) in [4.78, 5) is 30.1. The summed E-state index contributed by atoms with van der Waals surface area (Å²) < 4.78 is 3.29. The maximum Gasteiger partial charge on any atom is 0.352 e. The first-order chi connectivity index (χ1) is 14.6. The van der Waals surface area contributed by atoms with E-state index in [0.29, 0.717) is 17.9 Å². The number of benzene rings is 1. The quantitative estimate of drug-likeness (QED) is 0.641. The lowest BCUT2D eigenvalue weighted by molar-refractivity contribution is 0.560. The van der Waals surface area contributed by atoms with Crippen molar-refractivity contribution >= 4 is 0 Å². The van der Waals surface area contributed by atoms with E-state index in [1.807, 2.05) is 18.2 Å². The van der Waals surface area contributed by atoms with Crippen molar-refractivity contribution in [2.24, 2.45) is 7.05 Å². The van der Waals surface area contributed by atoms with E-state index in [4.69, 9.17) is 0 Å². The summed E-state index contributed by atoms with van der Waals surface area (Å²) in [6.45, 7) is 2.77. The molecule has 3 aliphatic rings. The van der Waals surface area contributed by atoms with Gasteiger partial charge in [-0.25, -0.2) is 4.79 Å². The topological polar surface area (TPSA) is 56.9 Å². The summed E-state index contributed by atoms with van der Waals surface area (Å²) in [5, 5.41) is 0. The van der Waals surface area contributed by atoms with Crippen LogP contribution in [-0.2, 0) is 26.4 Å². The molecule has 0 N–H and O–H groups in total. The van der Waals surface area contributed by atoms with Gasteiger partial charge in [0.1, 0.15) is 0 Å². The predicted octanol–water partition coefficient (Wildman–Crippen LogP) is 4.23. The lowest BCUT2D eigenvalue weighted by Gasteiger charge is -2.26. The van der Waals surface area contributed by atoms with Crippen LogP contribution < -0.4 is 11.2 Å². The fourth-order valence-corrected chi connectivity index (χ4v) is 4.77. The number of rotatable bonds is 2. The molecule has 0 amide bonds. The highest BCUT2D eigenvalue weighted by Gasteiger charge is 2.25. The SMILES string of the molecule is Cc1c2c3c(=O)n(C)c(=O)nc-3n(Cc3ccccc3)c1CCCCCCCCC2. The Balaban J connectivity index is 1.99. The zero-order chi connectivity index (χ0) is 21.1. The minimum absolute atomic E-state index is 0.219. The minimum Gasteiger partial charge on any atom is -0.325 e. The normalized spacial score (nSPS) is 15.5. The number of fused-ring (bicyclic) bond motifs is 4. The highest BCUT2D eigenvalue weighted by atomic mass is 16.2. The fourth-order valence-electron chi connectivity index (χ4n) is 4.77. The molecule has 30 heavy (non-hydrogen) atoms. The van der Waals surface area contributed by atoms with E-state index in [9.17, 15) is 9.59 Å². The van der Waals surface area contributed by atoms with Crippen LogP contribution in [0.3, 0.4) is 0 Å². The van der Waals surface area contributed by atoms with Crippen molar-refractivity contribution in [1.29, 1.82) is 0 Å². The molecule has 1 aromatic rings. The number of nitrogens with zero attached hydrogens (tertiary/aromatic N) is 3. The highest BCUT2D eigenvalue weighted by molar-refractivity contribution is 5.64. The van der Waals surface area contributed by atoms with Gasteiger partial charge in [-0.2, -0.15) is 4.98 Å². The molecule has 0 fully saturated rings. The molecule has 0 saturated heterocycles. The van der Waals surface area contributed by atoms with Gasteiger partial charge in [0.2, 0.25) is 0 Å². The Kier molecular flexibility index (Phi) is 6.16. The van der Waals surface area contributed by atoms with Gasteiger partial charge in [-0.15, -0.1) is 0 Å². The second kappa shape index (κ2) is 8.99. The zero-order valence-electron chi connectivity index (χ0n) is 18.1. The molecule has 0 aromatic heterocycles. The van der Waals surface area contributed by atoms with E-state index in [1.54, 1.807) is 0 Å². The molecule has 1 aliphatic carbocycles. The van der Waals surface area contributed by atoms with Crippen LogP contribution in [0.1, 0.15) is 67.3 Å². The van der Waals surface area contributed by atoms with Crippen LogP contribution in [0.4, 0.5) is 0 Å². The van der Waals surface area contributed by atoms with Gasteiger partial charge in [0.15, 0.2) is 5.82 Å². The Morgan fingerprint density at radius 2 is 1.53 bits per heavy atom. The van der Waals surface area contributed by atoms with Crippen molar-refractivity contribution in [3.8, 4) is 11.4 Å². The molecule has 158 valence electrons. The van der Waals surface area contributed by atoms with E-state index in [2.05, 4.69) is 28.6 Å². The predicted molar refractivity (Wildman–Crippen MR) is 120 cm³/mol. The lowest BCUT2D eigenvalue weighted by atomic mass is 9.91. The van der Waals surface area contributed by atoms with E-state index >= 15 is 0 Å². The van der Waals surface area contributed by atoms with Crippen molar-refractivity contribution in [2.45, 2.75) is 71.3 Å². The van der Waals surface area contributed by atoms with Gasteiger partial charge in [-0.3, -0.25) is 9.36 Å². The molecule has 4 rings (SSSR count). The smallest absolute Gasteiger partial charge is 0.325 e. The third kappa shape index (κ3) is 3.98. The van der Waals surface area contributed by atoms with Crippen molar-refractivity contribution in [1.82, 2.24) is 14.1 Å². The molecule has 0 saturated carbocycles. The van der Waals surface area contributed by atoms with Crippen LogP contribution in [0.2, 0.25) is 0 Å². The molecular weight excluding hydrogens is 374 g/mol. The van der Waals surface area contributed by atoms with Gasteiger partial charge in [0, 0.05) is 19.3 Å². The van der Waals surface area contributed by atoms with Crippen molar-refractivity contribution in [2.75, 3.05) is 0 Å². The molecule has 2 aliphatic heterocycles. The van der Waals surface area contributed by atoms with Crippen LogP contribution in [0.25, 0.3) is 11.4 Å². The molecule has 0 atom stereocenters. The summed E-state index contributed by atoms with van der Waals surface area (Å²) in [7, 11) is 1.53. The third-order valence-corrected chi connectivity index (χ3v) is 6.52. The Labute approximate surface area is 177 Å². The largest absolute Gasteiger partial charge is 0.352 e. The number of aromatic nitrogens is 3. The molecule has 0 unspecified atom stereocenters. The van der Waals surface area contributed by atoms with Gasteiger partial charge >= 0.3 is 5.69 Å². The molecule has 5 nitrogen and oxygen atoms in total. The highest BCUT2D eigenvalue weighted by Crippen LogP contribution is 2.31. The number of pyridine rings is 1. The summed E-state index contributed by atoms with van der Waals surface area (Å²) in [5.74, 6) is 0.555. The average Bonchev–Trinajstić information content (AvgIpc) is 2.74. The van der Waals surface area contributed by atoms with Gasteiger partial charge in [0.25, 0.3) is 5.56 Å². The van der Waals surface area contributed by atoms with E-state index in [-0.39, 0.29) is 5.56 Å². The lowest BCUT2D eigenvalue weighted by Crippen LogP contribution is -2.37. The summed E-state index contributed by atoms with van der Waals surface area (Å²) in [6.07, 6.45) is 10.2. The maximum absolute atomic E-state index is 13.2. The second-order valence-electron chi connectivity index (χ2n) is 8.55. The first-order valence-corrected chi connectivity index (χ1v) is 11.2. The molecule has 1 aromatic carbocycles. The van der Waals surface area contributed by atoms with Crippen LogP contribution in [0.15, 0.2) is 39.9 Å². The molecule has 0 spiro atoms. The van der Waals surface area contributed by atoms with E-state index in [0.717, 1.165) is 41.4 Å². The minimum atomic E-state index is -0.476. The molecular formula is C25H31N3O2. The Morgan fingerprint density at radius 3 is 2.23 bits per heavy atom. The molecule has 2 heterocycles. The Morgan fingerprint density at radius 1 is 0.900 bits per heavy atom. The van der Waals surface area contributed by atoms with Crippen LogP contribution in [0, 0.1) is 6.92 Å². The summed E-state index contributed by atoms with van der Waals surface area (Å²) >= 11 is 0. The van der Waals surface area contributed by atoms with Gasteiger partial charge in [-0.1, -0.05) is 62.4 Å². The first kappa shape index (κ1) is 20.6. The third-order valence-electron chi connectivity index (χ3n) is 6.52. The fraction of sp³-hybridized carbons (Fsp3) is 0.480. The number of hydrogen-bond donors (Lipinski definition) is 0. The summed E-state index contributed by atoms with van der Waals surface area (Å²) in [6, 6.07) is 10.2. The average molecular weight is 406 g/mol. The van der Waals surface area contributed by atoms with E-state index < -0.39 is 5.69 Å². The maximum atomic E-state index is 13.2. The standard InChI is InChI=1S/C25H31N3O2/c1-18-20-15-11-6-4-3-5-7-12-16-21(18)28(17-19-13-9-8-10-14-19)23-22(20)24(29)27(2)25(30)26-23/h8-10,13-14H,3-7,11-12,15-17H2,1-2H3. The van der Waals surface area contributed by atoms with Crippen molar-refractivity contribution in [3.63, 3.8) is 0 Å². The van der Waals surface area contributed by atoms with Gasteiger partial charge in [-0.05, 0) is 49.3 Å². The number of hydrogen-bond acceptors (Lipinski definition) is 3. The van der Waals surface area contributed by atoms with Gasteiger partial charge < -0.3 is 4.57 Å². The second-order valence-corrected chi connectivity index (χ2v) is 8.55. The Hall–Kier alpha value is -2.69. The van der Waals surface area contributed by atoms with Crippen LogP contribution >= 0.6 is 0 Å².